The Labute approximate surface area is 215 Å². The van der Waals surface area contributed by atoms with Crippen molar-refractivity contribution in [1.29, 1.82) is 0 Å². The normalized spacial score (nSPS) is 14.8. The van der Waals surface area contributed by atoms with Gasteiger partial charge < -0.3 is 24.6 Å². The molecular weight excluding hydrogens is 549 g/mol. The van der Waals surface area contributed by atoms with E-state index >= 15 is 0 Å². The Balaban J connectivity index is 2.38. The molecule has 0 aliphatic rings. The standard InChI is InChI=1S/C23H21F7N2O7/c1-3-37-17(33)20(36,22(25,26)27)13-5-9-15(10-6-13)31-19(35)32-21(23(28,29)30,18(34)38-4-2)39-16-11-7-14(24)8-12-16/h5-12,36H,3-4H2,1-2H3,(H2,31,32,35)/t20-,21+/m0/s1. The lowest BCUT2D eigenvalue weighted by atomic mass is 9.93. The van der Waals surface area contributed by atoms with Gasteiger partial charge >= 0.3 is 36.0 Å². The highest BCUT2D eigenvalue weighted by Crippen LogP contribution is 2.40. The van der Waals surface area contributed by atoms with Crippen molar-refractivity contribution in [2.24, 2.45) is 0 Å². The molecule has 2 aromatic rings. The minimum absolute atomic E-state index is 0.425. The number of urea groups is 1. The molecule has 2 rings (SSSR count). The molecule has 0 saturated carbocycles. The van der Waals surface area contributed by atoms with Gasteiger partial charge in [-0.1, -0.05) is 12.1 Å². The quantitative estimate of drug-likeness (QED) is 0.235. The smallest absolute Gasteiger partial charge is 0.460 e. The largest absolute Gasteiger partial charge is 0.463 e. The molecular formula is C23H21F7N2O7. The van der Waals surface area contributed by atoms with Crippen LogP contribution < -0.4 is 15.4 Å². The van der Waals surface area contributed by atoms with Gasteiger partial charge in [0.25, 0.3) is 5.60 Å². The SMILES string of the molecule is CCOC(=O)[C@@](O)(c1ccc(NC(=O)N[C@@](Oc2ccc(F)cc2)(C(=O)OCC)C(F)(F)F)cc1)C(F)(F)F. The minimum Gasteiger partial charge on any atom is -0.463 e. The van der Waals surface area contributed by atoms with Crippen LogP contribution in [0.1, 0.15) is 19.4 Å². The third-order valence-corrected chi connectivity index (χ3v) is 4.88. The van der Waals surface area contributed by atoms with Crippen molar-refractivity contribution >= 4 is 23.7 Å². The van der Waals surface area contributed by atoms with Crippen LogP contribution in [0.25, 0.3) is 0 Å². The molecule has 2 atom stereocenters. The van der Waals surface area contributed by atoms with Gasteiger partial charge in [0.1, 0.15) is 11.6 Å². The van der Waals surface area contributed by atoms with E-state index in [-0.39, 0.29) is 0 Å². The average Bonchev–Trinajstić information content (AvgIpc) is 2.83. The molecule has 0 spiro atoms. The summed E-state index contributed by atoms with van der Waals surface area (Å²) in [5.74, 6) is -5.64. The van der Waals surface area contributed by atoms with Crippen molar-refractivity contribution in [2.75, 3.05) is 18.5 Å². The van der Waals surface area contributed by atoms with E-state index in [1.54, 1.807) is 0 Å². The van der Waals surface area contributed by atoms with E-state index < -0.39 is 77.7 Å². The third-order valence-electron chi connectivity index (χ3n) is 4.88. The summed E-state index contributed by atoms with van der Waals surface area (Å²) in [5, 5.41) is 13.2. The Morgan fingerprint density at radius 1 is 0.795 bits per heavy atom. The van der Waals surface area contributed by atoms with E-state index in [2.05, 4.69) is 9.47 Å². The second-order valence-electron chi connectivity index (χ2n) is 7.54. The lowest BCUT2D eigenvalue weighted by molar-refractivity contribution is -0.268. The van der Waals surface area contributed by atoms with Crippen LogP contribution in [0.15, 0.2) is 48.5 Å². The zero-order valence-electron chi connectivity index (χ0n) is 20.1. The third kappa shape index (κ3) is 6.68. The number of rotatable bonds is 9. The summed E-state index contributed by atoms with van der Waals surface area (Å²) in [4.78, 5) is 36.7. The molecule has 16 heteroatoms. The highest BCUT2D eigenvalue weighted by atomic mass is 19.4. The van der Waals surface area contributed by atoms with Crippen LogP contribution >= 0.6 is 0 Å². The first-order valence-corrected chi connectivity index (χ1v) is 10.9. The Morgan fingerprint density at radius 2 is 1.31 bits per heavy atom. The van der Waals surface area contributed by atoms with Crippen molar-refractivity contribution in [1.82, 2.24) is 5.32 Å². The maximum atomic E-state index is 14.1. The van der Waals surface area contributed by atoms with Crippen LogP contribution in [-0.4, -0.2) is 54.4 Å². The van der Waals surface area contributed by atoms with Gasteiger partial charge in [-0.3, -0.25) is 5.32 Å². The van der Waals surface area contributed by atoms with Gasteiger partial charge in [0, 0.05) is 11.3 Å². The number of nitrogens with one attached hydrogen (secondary N) is 2. The minimum atomic E-state index is -5.64. The van der Waals surface area contributed by atoms with Crippen molar-refractivity contribution in [3.8, 4) is 5.75 Å². The number of hydrogen-bond donors (Lipinski definition) is 3. The van der Waals surface area contributed by atoms with Gasteiger partial charge in [0.2, 0.25) is 0 Å². The van der Waals surface area contributed by atoms with Crippen molar-refractivity contribution < 1.29 is 64.4 Å². The summed E-state index contributed by atoms with van der Waals surface area (Å²) in [6.07, 6.45) is -11.2. The molecule has 0 radical (unpaired) electrons. The first-order valence-electron chi connectivity index (χ1n) is 10.9. The van der Waals surface area contributed by atoms with Crippen molar-refractivity contribution in [3.05, 3.63) is 59.9 Å². The molecule has 0 bridgehead atoms. The number of hydrogen-bond acceptors (Lipinski definition) is 7. The molecule has 2 aromatic carbocycles. The Morgan fingerprint density at radius 3 is 1.77 bits per heavy atom. The molecule has 0 heterocycles. The number of amides is 2. The summed E-state index contributed by atoms with van der Waals surface area (Å²) in [6.45, 7) is 1.34. The second-order valence-corrected chi connectivity index (χ2v) is 7.54. The zero-order valence-corrected chi connectivity index (χ0v) is 20.1. The molecule has 9 nitrogen and oxygen atoms in total. The fourth-order valence-corrected chi connectivity index (χ4v) is 3.02. The Bertz CT molecular complexity index is 1170. The van der Waals surface area contributed by atoms with Crippen LogP contribution in [0.2, 0.25) is 0 Å². The maximum Gasteiger partial charge on any atom is 0.460 e. The highest BCUT2D eigenvalue weighted by Gasteiger charge is 2.66. The lowest BCUT2D eigenvalue weighted by Crippen LogP contribution is -2.69. The molecule has 0 fully saturated rings. The summed E-state index contributed by atoms with van der Waals surface area (Å²) in [5.41, 5.74) is -9.66. The summed E-state index contributed by atoms with van der Waals surface area (Å²) in [7, 11) is 0. The van der Waals surface area contributed by atoms with Crippen LogP contribution in [0.5, 0.6) is 5.75 Å². The monoisotopic (exact) mass is 570 g/mol. The fraction of sp³-hybridized carbons (Fsp3) is 0.348. The van der Waals surface area contributed by atoms with E-state index in [9.17, 15) is 50.2 Å². The highest BCUT2D eigenvalue weighted by molar-refractivity contribution is 5.94. The number of alkyl halides is 6. The Hall–Kier alpha value is -4.08. The van der Waals surface area contributed by atoms with Crippen LogP contribution in [-0.2, 0) is 24.7 Å². The Kier molecular flexibility index (Phi) is 9.39. The van der Waals surface area contributed by atoms with Gasteiger partial charge in [-0.15, -0.1) is 0 Å². The first-order chi connectivity index (χ1) is 18.0. The molecule has 0 aromatic heterocycles. The first kappa shape index (κ1) is 31.1. The zero-order chi connectivity index (χ0) is 29.6. The molecule has 2 amide bonds. The lowest BCUT2D eigenvalue weighted by Gasteiger charge is -2.34. The van der Waals surface area contributed by atoms with Gasteiger partial charge in [-0.2, -0.15) is 26.3 Å². The van der Waals surface area contributed by atoms with E-state index in [0.29, 0.717) is 12.1 Å². The molecule has 214 valence electrons. The van der Waals surface area contributed by atoms with Gasteiger partial charge in [0.15, 0.2) is 0 Å². The maximum absolute atomic E-state index is 14.1. The van der Waals surface area contributed by atoms with E-state index in [1.807, 2.05) is 5.32 Å². The number of esters is 2. The fourth-order valence-electron chi connectivity index (χ4n) is 3.02. The predicted octanol–water partition coefficient (Wildman–Crippen LogP) is 4.16. The number of carbonyl (C=O) groups is 3. The molecule has 0 aliphatic carbocycles. The van der Waals surface area contributed by atoms with Crippen LogP contribution in [0.4, 0.5) is 41.2 Å². The number of aliphatic hydroxyl groups is 1. The van der Waals surface area contributed by atoms with Crippen LogP contribution in [0, 0.1) is 5.82 Å². The number of anilines is 1. The predicted molar refractivity (Wildman–Crippen MR) is 118 cm³/mol. The molecule has 0 unspecified atom stereocenters. The number of ether oxygens (including phenoxy) is 3. The number of carbonyl (C=O) groups excluding carboxylic acids is 3. The van der Waals surface area contributed by atoms with Gasteiger partial charge in [-0.25, -0.2) is 18.8 Å². The average molecular weight is 570 g/mol. The second kappa shape index (κ2) is 11.8. The number of halogens is 7. The van der Waals surface area contributed by atoms with Crippen molar-refractivity contribution in [2.45, 2.75) is 37.5 Å². The topological polar surface area (TPSA) is 123 Å². The molecule has 0 aliphatic heterocycles. The van der Waals surface area contributed by atoms with E-state index in [0.717, 1.165) is 36.4 Å². The van der Waals surface area contributed by atoms with Crippen LogP contribution in [0.3, 0.4) is 0 Å². The number of benzene rings is 2. The summed E-state index contributed by atoms with van der Waals surface area (Å²) < 4.78 is 110. The molecule has 0 saturated heterocycles. The van der Waals surface area contributed by atoms with Gasteiger partial charge in [0.05, 0.1) is 13.2 Å². The van der Waals surface area contributed by atoms with Crippen molar-refractivity contribution in [3.63, 3.8) is 0 Å². The van der Waals surface area contributed by atoms with E-state index in [1.165, 1.54) is 19.2 Å². The molecule has 39 heavy (non-hydrogen) atoms. The summed E-state index contributed by atoms with van der Waals surface area (Å²) >= 11 is 0. The van der Waals surface area contributed by atoms with Gasteiger partial charge in [-0.05, 0) is 50.2 Å². The molecule has 3 N–H and O–H groups in total. The summed E-state index contributed by atoms with van der Waals surface area (Å²) in [6, 6.07) is 3.80. The van der Waals surface area contributed by atoms with E-state index in [4.69, 9.17) is 4.74 Å².